The highest BCUT2D eigenvalue weighted by molar-refractivity contribution is 7.18. The number of nitrogens with zero attached hydrogens (tertiary/aromatic N) is 1. The molecule has 1 atom stereocenters. The first kappa shape index (κ1) is 16.5. The Morgan fingerprint density at radius 1 is 1.50 bits per heavy atom. The van der Waals surface area contributed by atoms with Gasteiger partial charge < -0.3 is 14.8 Å². The zero-order chi connectivity index (χ0) is 16.3. The molecule has 7 heteroatoms. The third-order valence-corrected chi connectivity index (χ3v) is 4.43. The van der Waals surface area contributed by atoms with Crippen molar-refractivity contribution >= 4 is 28.2 Å². The Morgan fingerprint density at radius 3 is 2.77 bits per heavy atom. The second-order valence-corrected chi connectivity index (χ2v) is 6.34. The molecule has 0 aliphatic carbocycles. The lowest BCUT2D eigenvalue weighted by atomic mass is 10.1. The van der Waals surface area contributed by atoms with Gasteiger partial charge in [-0.25, -0.2) is 4.79 Å². The van der Waals surface area contributed by atoms with Crippen LogP contribution >= 0.6 is 11.3 Å². The molecular weight excluding hydrogens is 304 g/mol. The number of nitriles is 1. The molecule has 1 N–H and O–H groups in total. The van der Waals surface area contributed by atoms with E-state index in [1.165, 1.54) is 0 Å². The minimum absolute atomic E-state index is 0.246. The largest absolute Gasteiger partial charge is 0.459 e. The molecule has 1 aromatic rings. The Balaban J connectivity index is 2.22. The number of rotatable bonds is 4. The molecule has 1 saturated heterocycles. The van der Waals surface area contributed by atoms with Crippen molar-refractivity contribution in [2.75, 3.05) is 11.9 Å². The summed E-state index contributed by atoms with van der Waals surface area (Å²) in [5.74, 6) is -0.759. The van der Waals surface area contributed by atoms with E-state index in [-0.39, 0.29) is 12.0 Å². The van der Waals surface area contributed by atoms with Crippen LogP contribution in [-0.4, -0.2) is 30.7 Å². The zero-order valence-electron chi connectivity index (χ0n) is 12.8. The highest BCUT2D eigenvalue weighted by atomic mass is 32.1. The Hall–Kier alpha value is -1.91. The van der Waals surface area contributed by atoms with Gasteiger partial charge in [0, 0.05) is 6.61 Å². The predicted octanol–water partition coefficient (Wildman–Crippen LogP) is 2.61. The normalized spacial score (nSPS) is 17.3. The maximum Gasteiger partial charge on any atom is 0.348 e. The molecule has 1 unspecified atom stereocenters. The van der Waals surface area contributed by atoms with Crippen LogP contribution in [0.3, 0.4) is 0 Å². The maximum absolute atomic E-state index is 12.1. The number of nitrogens with one attached hydrogen (secondary N) is 1. The van der Waals surface area contributed by atoms with Gasteiger partial charge in [-0.1, -0.05) is 0 Å². The molecule has 22 heavy (non-hydrogen) atoms. The summed E-state index contributed by atoms with van der Waals surface area (Å²) in [5, 5.41) is 12.3. The third-order valence-electron chi connectivity index (χ3n) is 3.25. The summed E-state index contributed by atoms with van der Waals surface area (Å²) < 4.78 is 10.5. The number of ether oxygens (including phenoxy) is 2. The van der Waals surface area contributed by atoms with Crippen LogP contribution in [0.1, 0.15) is 47.5 Å². The monoisotopic (exact) mass is 322 g/mol. The number of carbonyl (C=O) groups is 2. The van der Waals surface area contributed by atoms with Crippen LogP contribution in [0, 0.1) is 18.3 Å². The lowest BCUT2D eigenvalue weighted by Crippen LogP contribution is -2.26. The molecule has 0 bridgehead atoms. The first-order chi connectivity index (χ1) is 10.4. The van der Waals surface area contributed by atoms with Crippen molar-refractivity contribution < 1.29 is 19.1 Å². The van der Waals surface area contributed by atoms with Crippen molar-refractivity contribution in [2.45, 2.75) is 45.8 Å². The number of hydrogen-bond donors (Lipinski definition) is 1. The molecule has 2 heterocycles. The summed E-state index contributed by atoms with van der Waals surface area (Å²) in [4.78, 5) is 24.5. The van der Waals surface area contributed by atoms with Crippen LogP contribution < -0.4 is 5.32 Å². The van der Waals surface area contributed by atoms with Crippen LogP contribution in [0.25, 0.3) is 0 Å². The fourth-order valence-corrected chi connectivity index (χ4v) is 3.22. The molecule has 1 aromatic heterocycles. The smallest absolute Gasteiger partial charge is 0.348 e. The third kappa shape index (κ3) is 3.46. The Bertz CT molecular complexity index is 624. The molecule has 0 radical (unpaired) electrons. The van der Waals surface area contributed by atoms with Gasteiger partial charge in [-0.05, 0) is 39.2 Å². The summed E-state index contributed by atoms with van der Waals surface area (Å²) in [6, 6.07) is 2.04. The molecule has 6 nitrogen and oxygen atoms in total. The first-order valence-corrected chi connectivity index (χ1v) is 7.92. The Morgan fingerprint density at radius 2 is 2.23 bits per heavy atom. The standard InChI is InChI=1S/C15H18N2O4S/c1-8(2)21-15(19)12-9(3)10(7-16)14(22-12)17-13(18)11-5-4-6-20-11/h8,11H,4-6H2,1-3H3,(H,17,18). The van der Waals surface area contributed by atoms with Gasteiger partial charge in [0.25, 0.3) is 5.91 Å². The zero-order valence-corrected chi connectivity index (χ0v) is 13.6. The van der Waals surface area contributed by atoms with E-state index in [2.05, 4.69) is 5.32 Å². The molecule has 118 valence electrons. The highest BCUT2D eigenvalue weighted by Gasteiger charge is 2.27. The van der Waals surface area contributed by atoms with E-state index in [9.17, 15) is 14.9 Å². The van der Waals surface area contributed by atoms with Crippen LogP contribution in [-0.2, 0) is 14.3 Å². The number of amides is 1. The van der Waals surface area contributed by atoms with Crippen LogP contribution in [0.2, 0.25) is 0 Å². The molecule has 0 saturated carbocycles. The van der Waals surface area contributed by atoms with E-state index in [1.807, 2.05) is 6.07 Å². The van der Waals surface area contributed by atoms with E-state index in [1.54, 1.807) is 20.8 Å². The van der Waals surface area contributed by atoms with Gasteiger partial charge in [0.2, 0.25) is 0 Å². The second-order valence-electron chi connectivity index (χ2n) is 5.32. The van der Waals surface area contributed by atoms with Crippen molar-refractivity contribution in [3.05, 3.63) is 16.0 Å². The molecule has 1 fully saturated rings. The predicted molar refractivity (Wildman–Crippen MR) is 81.9 cm³/mol. The van der Waals surface area contributed by atoms with Crippen molar-refractivity contribution in [1.29, 1.82) is 5.26 Å². The lowest BCUT2D eigenvalue weighted by molar-refractivity contribution is -0.124. The molecule has 1 aliphatic rings. The summed E-state index contributed by atoms with van der Waals surface area (Å²) in [5.41, 5.74) is 0.827. The van der Waals surface area contributed by atoms with E-state index in [0.717, 1.165) is 17.8 Å². The van der Waals surface area contributed by atoms with E-state index < -0.39 is 12.1 Å². The molecular formula is C15H18N2O4S. The van der Waals surface area contributed by atoms with E-state index in [0.29, 0.717) is 34.0 Å². The number of thiophene rings is 1. The Kier molecular flexibility index (Phi) is 5.16. The molecule has 2 rings (SSSR count). The van der Waals surface area contributed by atoms with E-state index in [4.69, 9.17) is 9.47 Å². The number of anilines is 1. The van der Waals surface area contributed by atoms with Crippen molar-refractivity contribution in [3.8, 4) is 6.07 Å². The topological polar surface area (TPSA) is 88.4 Å². The van der Waals surface area contributed by atoms with Gasteiger partial charge in [0.1, 0.15) is 22.1 Å². The summed E-state index contributed by atoms with van der Waals surface area (Å²) in [6.07, 6.45) is 0.781. The van der Waals surface area contributed by atoms with Gasteiger partial charge >= 0.3 is 5.97 Å². The van der Waals surface area contributed by atoms with Crippen molar-refractivity contribution in [3.63, 3.8) is 0 Å². The average Bonchev–Trinajstić information content (AvgIpc) is 3.06. The fourth-order valence-electron chi connectivity index (χ4n) is 2.18. The lowest BCUT2D eigenvalue weighted by Gasteiger charge is -2.09. The number of hydrogen-bond acceptors (Lipinski definition) is 6. The van der Waals surface area contributed by atoms with Gasteiger partial charge in [0.15, 0.2) is 0 Å². The van der Waals surface area contributed by atoms with Gasteiger partial charge in [0.05, 0.1) is 11.7 Å². The maximum atomic E-state index is 12.1. The molecule has 1 aliphatic heterocycles. The van der Waals surface area contributed by atoms with Crippen LogP contribution in [0.5, 0.6) is 0 Å². The number of carbonyl (C=O) groups excluding carboxylic acids is 2. The molecule has 0 spiro atoms. The minimum atomic E-state index is -0.486. The van der Waals surface area contributed by atoms with Crippen molar-refractivity contribution in [2.24, 2.45) is 0 Å². The quantitative estimate of drug-likeness (QED) is 0.861. The van der Waals surface area contributed by atoms with Gasteiger partial charge in [-0.3, -0.25) is 4.79 Å². The minimum Gasteiger partial charge on any atom is -0.459 e. The second kappa shape index (κ2) is 6.90. The van der Waals surface area contributed by atoms with Gasteiger partial charge in [-0.2, -0.15) is 5.26 Å². The number of esters is 1. The SMILES string of the molecule is Cc1c(C(=O)OC(C)C)sc(NC(=O)C2CCCO2)c1C#N. The van der Waals surface area contributed by atoms with Crippen LogP contribution in [0.15, 0.2) is 0 Å². The highest BCUT2D eigenvalue weighted by Crippen LogP contribution is 2.33. The van der Waals surface area contributed by atoms with E-state index >= 15 is 0 Å². The summed E-state index contributed by atoms with van der Waals surface area (Å²) in [6.45, 7) is 5.75. The Labute approximate surface area is 133 Å². The molecule has 1 amide bonds. The van der Waals surface area contributed by atoms with Gasteiger partial charge in [-0.15, -0.1) is 11.3 Å². The van der Waals surface area contributed by atoms with Crippen molar-refractivity contribution in [1.82, 2.24) is 0 Å². The summed E-state index contributed by atoms with van der Waals surface area (Å²) in [7, 11) is 0. The fraction of sp³-hybridized carbons (Fsp3) is 0.533. The summed E-state index contributed by atoms with van der Waals surface area (Å²) >= 11 is 1.06. The molecule has 0 aromatic carbocycles. The van der Waals surface area contributed by atoms with Crippen LogP contribution in [0.4, 0.5) is 5.00 Å². The average molecular weight is 322 g/mol. The first-order valence-electron chi connectivity index (χ1n) is 7.11.